The van der Waals surface area contributed by atoms with Crippen molar-refractivity contribution in [3.8, 4) is 17.0 Å². The second-order valence-corrected chi connectivity index (χ2v) is 4.08. The maximum atomic E-state index is 5.97. The first-order chi connectivity index (χ1) is 7.78. The van der Waals surface area contributed by atoms with Gasteiger partial charge < -0.3 is 15.5 Å². The van der Waals surface area contributed by atoms with Gasteiger partial charge in [-0.3, -0.25) is 0 Å². The van der Waals surface area contributed by atoms with Crippen LogP contribution in [0.3, 0.4) is 0 Å². The standard InChI is InChI=1S/C11H10ClN3O/c12-6-1-2-9-7(3-6)11-8(5-16-9)14-10(4-13)15-11/h1-3H,4-5,13H2,(H,14,15). The molecule has 0 radical (unpaired) electrons. The normalized spacial score (nSPS) is 12.9. The molecule has 0 fully saturated rings. The molecule has 0 amide bonds. The van der Waals surface area contributed by atoms with Crippen LogP contribution in [-0.4, -0.2) is 9.97 Å². The third-order valence-electron chi connectivity index (χ3n) is 2.59. The smallest absolute Gasteiger partial charge is 0.130 e. The monoisotopic (exact) mass is 235 g/mol. The van der Waals surface area contributed by atoms with Gasteiger partial charge in [-0.1, -0.05) is 11.6 Å². The van der Waals surface area contributed by atoms with Crippen LogP contribution < -0.4 is 10.5 Å². The van der Waals surface area contributed by atoms with Crippen LogP contribution in [0.4, 0.5) is 0 Å². The summed E-state index contributed by atoms with van der Waals surface area (Å²) in [5, 5.41) is 0.674. The van der Waals surface area contributed by atoms with Crippen molar-refractivity contribution in [2.45, 2.75) is 13.2 Å². The molecule has 16 heavy (non-hydrogen) atoms. The van der Waals surface area contributed by atoms with E-state index < -0.39 is 0 Å². The molecule has 0 saturated heterocycles. The lowest BCUT2D eigenvalue weighted by Crippen LogP contribution is -2.04. The largest absolute Gasteiger partial charge is 0.487 e. The molecule has 0 aliphatic carbocycles. The van der Waals surface area contributed by atoms with Crippen LogP contribution >= 0.6 is 11.6 Å². The summed E-state index contributed by atoms with van der Waals surface area (Å²) in [6.07, 6.45) is 0. The Bertz CT molecular complexity index is 550. The summed E-state index contributed by atoms with van der Waals surface area (Å²) in [6, 6.07) is 5.52. The number of nitrogens with two attached hydrogens (primary N) is 1. The molecular formula is C11H10ClN3O. The first-order valence-electron chi connectivity index (χ1n) is 4.98. The lowest BCUT2D eigenvalue weighted by atomic mass is 10.1. The van der Waals surface area contributed by atoms with Gasteiger partial charge in [-0.05, 0) is 18.2 Å². The van der Waals surface area contributed by atoms with Crippen LogP contribution in [0.15, 0.2) is 18.2 Å². The molecule has 2 heterocycles. The van der Waals surface area contributed by atoms with Gasteiger partial charge >= 0.3 is 0 Å². The van der Waals surface area contributed by atoms with E-state index in [4.69, 9.17) is 22.1 Å². The van der Waals surface area contributed by atoms with Gasteiger partial charge in [-0.25, -0.2) is 4.98 Å². The minimum Gasteiger partial charge on any atom is -0.487 e. The quantitative estimate of drug-likeness (QED) is 0.796. The predicted octanol–water partition coefficient (Wildman–Crippen LogP) is 2.08. The summed E-state index contributed by atoms with van der Waals surface area (Å²) in [6.45, 7) is 0.889. The average Bonchev–Trinajstić information content (AvgIpc) is 2.72. The maximum Gasteiger partial charge on any atom is 0.130 e. The fourth-order valence-electron chi connectivity index (χ4n) is 1.85. The number of hydrogen-bond donors (Lipinski definition) is 2. The number of halogens is 1. The van der Waals surface area contributed by atoms with E-state index in [9.17, 15) is 0 Å². The molecule has 0 spiro atoms. The highest BCUT2D eigenvalue weighted by atomic mass is 35.5. The summed E-state index contributed by atoms with van der Waals surface area (Å²) in [5.41, 5.74) is 8.32. The molecule has 1 aromatic carbocycles. The van der Waals surface area contributed by atoms with Crippen LogP contribution in [0.25, 0.3) is 11.3 Å². The molecule has 0 unspecified atom stereocenters. The Morgan fingerprint density at radius 3 is 3.19 bits per heavy atom. The zero-order chi connectivity index (χ0) is 11.1. The van der Waals surface area contributed by atoms with Gasteiger partial charge in [0.1, 0.15) is 18.2 Å². The first-order valence-corrected chi connectivity index (χ1v) is 5.36. The summed E-state index contributed by atoms with van der Waals surface area (Å²) >= 11 is 5.97. The van der Waals surface area contributed by atoms with Gasteiger partial charge in [-0.2, -0.15) is 0 Å². The summed E-state index contributed by atoms with van der Waals surface area (Å²) in [7, 11) is 0. The van der Waals surface area contributed by atoms with Crippen molar-refractivity contribution in [3.05, 3.63) is 34.7 Å². The fourth-order valence-corrected chi connectivity index (χ4v) is 2.02. The van der Waals surface area contributed by atoms with E-state index in [-0.39, 0.29) is 0 Å². The Hall–Kier alpha value is -1.52. The number of fused-ring (bicyclic) bond motifs is 3. The van der Waals surface area contributed by atoms with Crippen molar-refractivity contribution in [1.29, 1.82) is 0 Å². The SMILES string of the molecule is NCc1nc2c([nH]1)COc1ccc(Cl)cc1-2. The van der Waals surface area contributed by atoms with E-state index in [2.05, 4.69) is 9.97 Å². The number of H-pyrrole nitrogens is 1. The topological polar surface area (TPSA) is 63.9 Å². The van der Waals surface area contributed by atoms with E-state index in [0.717, 1.165) is 28.5 Å². The van der Waals surface area contributed by atoms with Crippen molar-refractivity contribution in [2.24, 2.45) is 5.73 Å². The Morgan fingerprint density at radius 2 is 2.38 bits per heavy atom. The van der Waals surface area contributed by atoms with Crippen LogP contribution in [-0.2, 0) is 13.2 Å². The highest BCUT2D eigenvalue weighted by Crippen LogP contribution is 2.37. The van der Waals surface area contributed by atoms with Gasteiger partial charge in [-0.15, -0.1) is 0 Å². The highest BCUT2D eigenvalue weighted by molar-refractivity contribution is 6.31. The number of imidazole rings is 1. The molecule has 1 aromatic heterocycles. The van der Waals surface area contributed by atoms with Crippen molar-refractivity contribution >= 4 is 11.6 Å². The molecule has 1 aliphatic rings. The van der Waals surface area contributed by atoms with E-state index >= 15 is 0 Å². The Labute approximate surface area is 97.4 Å². The molecule has 0 saturated carbocycles. The Balaban J connectivity index is 2.20. The van der Waals surface area contributed by atoms with Crippen LogP contribution in [0.2, 0.25) is 5.02 Å². The molecule has 2 aromatic rings. The van der Waals surface area contributed by atoms with Crippen molar-refractivity contribution in [2.75, 3.05) is 0 Å². The Kier molecular flexibility index (Phi) is 2.12. The third kappa shape index (κ3) is 1.38. The van der Waals surface area contributed by atoms with Crippen LogP contribution in [0.5, 0.6) is 5.75 Å². The lowest BCUT2D eigenvalue weighted by molar-refractivity contribution is 0.297. The number of rotatable bonds is 1. The molecule has 1 aliphatic heterocycles. The van der Waals surface area contributed by atoms with E-state index in [1.165, 1.54) is 0 Å². The maximum absolute atomic E-state index is 5.97. The van der Waals surface area contributed by atoms with Crippen molar-refractivity contribution in [1.82, 2.24) is 9.97 Å². The summed E-state index contributed by atoms with van der Waals surface area (Å²) in [4.78, 5) is 7.57. The number of aromatic amines is 1. The van der Waals surface area contributed by atoms with Gasteiger partial charge in [0.25, 0.3) is 0 Å². The van der Waals surface area contributed by atoms with Gasteiger partial charge in [0.05, 0.1) is 17.9 Å². The molecule has 82 valence electrons. The minimum atomic E-state index is 0.392. The fraction of sp³-hybridized carbons (Fsp3) is 0.182. The van der Waals surface area contributed by atoms with Gasteiger partial charge in [0, 0.05) is 10.6 Å². The molecule has 0 bridgehead atoms. The van der Waals surface area contributed by atoms with E-state index in [0.29, 0.717) is 18.2 Å². The molecule has 4 nitrogen and oxygen atoms in total. The zero-order valence-corrected chi connectivity index (χ0v) is 9.21. The summed E-state index contributed by atoms with van der Waals surface area (Å²) in [5.74, 6) is 1.58. The zero-order valence-electron chi connectivity index (χ0n) is 8.46. The van der Waals surface area contributed by atoms with Gasteiger partial charge in [0.15, 0.2) is 0 Å². The average molecular weight is 236 g/mol. The van der Waals surface area contributed by atoms with Gasteiger partial charge in [0.2, 0.25) is 0 Å². The number of ether oxygens (including phenoxy) is 1. The minimum absolute atomic E-state index is 0.392. The van der Waals surface area contributed by atoms with E-state index in [1.54, 1.807) is 0 Å². The van der Waals surface area contributed by atoms with E-state index in [1.807, 2.05) is 18.2 Å². The first kappa shape index (κ1) is 9.69. The third-order valence-corrected chi connectivity index (χ3v) is 2.82. The van der Waals surface area contributed by atoms with Crippen molar-refractivity contribution < 1.29 is 4.74 Å². The molecule has 0 atom stereocenters. The number of nitrogens with one attached hydrogen (secondary N) is 1. The highest BCUT2D eigenvalue weighted by Gasteiger charge is 2.21. The summed E-state index contributed by atoms with van der Waals surface area (Å²) < 4.78 is 5.59. The molecule has 3 N–H and O–H groups in total. The molecule has 3 rings (SSSR count). The van der Waals surface area contributed by atoms with Crippen molar-refractivity contribution in [3.63, 3.8) is 0 Å². The van der Waals surface area contributed by atoms with Crippen LogP contribution in [0.1, 0.15) is 11.5 Å². The lowest BCUT2D eigenvalue weighted by Gasteiger charge is -2.16. The predicted molar refractivity (Wildman–Crippen MR) is 61.3 cm³/mol. The van der Waals surface area contributed by atoms with Crippen LogP contribution in [0, 0.1) is 0 Å². The molecule has 5 heteroatoms. The second kappa shape index (κ2) is 3.50. The molecular weight excluding hydrogens is 226 g/mol. The Morgan fingerprint density at radius 1 is 1.50 bits per heavy atom. The number of hydrogen-bond acceptors (Lipinski definition) is 3. The number of aromatic nitrogens is 2. The number of benzene rings is 1. The number of nitrogens with zero attached hydrogens (tertiary/aromatic N) is 1. The second-order valence-electron chi connectivity index (χ2n) is 3.64.